The van der Waals surface area contributed by atoms with Gasteiger partial charge in [0.2, 0.25) is 0 Å². The minimum Gasteiger partial charge on any atom is -0.494 e. The summed E-state index contributed by atoms with van der Waals surface area (Å²) in [5.74, 6) is 2.30. The zero-order valence-corrected chi connectivity index (χ0v) is 17.2. The minimum atomic E-state index is 0.363. The third-order valence-electron chi connectivity index (χ3n) is 5.17. The summed E-state index contributed by atoms with van der Waals surface area (Å²) in [5, 5.41) is 4.12. The van der Waals surface area contributed by atoms with Crippen molar-refractivity contribution in [3.8, 4) is 5.75 Å². The number of ether oxygens (including phenoxy) is 1. The molecule has 6 heteroatoms. The summed E-state index contributed by atoms with van der Waals surface area (Å²) in [4.78, 5) is 10.6. The van der Waals surface area contributed by atoms with Crippen LogP contribution in [0.4, 0.5) is 5.69 Å². The smallest absolute Gasteiger partial charge is 0.173 e. The summed E-state index contributed by atoms with van der Waals surface area (Å²) in [6.45, 7) is 6.60. The lowest BCUT2D eigenvalue weighted by Crippen LogP contribution is -2.41. The van der Waals surface area contributed by atoms with Crippen molar-refractivity contribution < 1.29 is 4.74 Å². The zero-order chi connectivity index (χ0) is 19.5. The van der Waals surface area contributed by atoms with Gasteiger partial charge < -0.3 is 19.9 Å². The number of fused-ring (bicyclic) bond motifs is 1. The number of piperidine rings is 1. The van der Waals surface area contributed by atoms with Gasteiger partial charge in [0.05, 0.1) is 17.6 Å². The van der Waals surface area contributed by atoms with Crippen LogP contribution in [0.3, 0.4) is 0 Å². The average molecular weight is 395 g/mol. The van der Waals surface area contributed by atoms with Gasteiger partial charge in [-0.25, -0.2) is 4.98 Å². The molecule has 2 aromatic carbocycles. The fourth-order valence-corrected chi connectivity index (χ4v) is 4.01. The van der Waals surface area contributed by atoms with Crippen LogP contribution >= 0.6 is 12.2 Å². The van der Waals surface area contributed by atoms with Gasteiger partial charge in [0.25, 0.3) is 0 Å². The lowest BCUT2D eigenvalue weighted by atomic mass is 9.98. The van der Waals surface area contributed by atoms with Crippen LogP contribution in [0.15, 0.2) is 42.5 Å². The van der Waals surface area contributed by atoms with E-state index in [-0.39, 0.29) is 0 Å². The molecule has 1 aromatic heterocycles. The first-order valence-electron chi connectivity index (χ1n) is 9.87. The van der Waals surface area contributed by atoms with E-state index in [0.717, 1.165) is 59.3 Å². The second-order valence-electron chi connectivity index (χ2n) is 7.32. The summed E-state index contributed by atoms with van der Waals surface area (Å²) in [7, 11) is 0. The normalized spacial score (nSPS) is 16.9. The maximum Gasteiger partial charge on any atom is 0.173 e. The summed E-state index contributed by atoms with van der Waals surface area (Å²) < 4.78 is 5.50. The van der Waals surface area contributed by atoms with E-state index >= 15 is 0 Å². The number of hydrogen-bond acceptors (Lipinski definition) is 3. The number of nitrogens with zero attached hydrogens (tertiary/aromatic N) is 2. The zero-order valence-electron chi connectivity index (χ0n) is 16.4. The van der Waals surface area contributed by atoms with Crippen molar-refractivity contribution in [3.05, 3.63) is 53.9 Å². The van der Waals surface area contributed by atoms with Crippen molar-refractivity contribution in [1.29, 1.82) is 0 Å². The molecule has 0 unspecified atom stereocenters. The summed E-state index contributed by atoms with van der Waals surface area (Å²) in [6, 6.07) is 14.3. The van der Waals surface area contributed by atoms with E-state index in [2.05, 4.69) is 40.3 Å². The molecule has 0 amide bonds. The van der Waals surface area contributed by atoms with Crippen LogP contribution in [-0.4, -0.2) is 39.7 Å². The Morgan fingerprint density at radius 3 is 2.89 bits per heavy atom. The third kappa shape index (κ3) is 4.12. The van der Waals surface area contributed by atoms with Crippen LogP contribution in [-0.2, 0) is 0 Å². The highest BCUT2D eigenvalue weighted by atomic mass is 32.1. The van der Waals surface area contributed by atoms with Crippen LogP contribution in [0.2, 0.25) is 0 Å². The van der Waals surface area contributed by atoms with Crippen LogP contribution < -0.4 is 10.1 Å². The SMILES string of the molecule is CCOc1ccc(NC(=S)N2CCC[C@H](c3nc4ccc(C)cc4[nH]3)C2)cc1. The Labute approximate surface area is 171 Å². The summed E-state index contributed by atoms with van der Waals surface area (Å²) in [6.07, 6.45) is 2.23. The first-order chi connectivity index (χ1) is 13.6. The molecule has 5 nitrogen and oxygen atoms in total. The molecule has 4 rings (SSSR count). The van der Waals surface area contributed by atoms with Gasteiger partial charge in [-0.2, -0.15) is 0 Å². The Kier molecular flexibility index (Phi) is 5.48. The highest BCUT2D eigenvalue weighted by Gasteiger charge is 2.25. The molecular weight excluding hydrogens is 368 g/mol. The molecule has 1 aliphatic rings. The Morgan fingerprint density at radius 1 is 1.29 bits per heavy atom. The quantitative estimate of drug-likeness (QED) is 0.620. The number of H-pyrrole nitrogens is 1. The van der Waals surface area contributed by atoms with Crippen LogP contribution in [0, 0.1) is 6.92 Å². The molecule has 0 bridgehead atoms. The molecule has 1 aliphatic heterocycles. The fraction of sp³-hybridized carbons (Fsp3) is 0.364. The average Bonchev–Trinajstić information content (AvgIpc) is 3.13. The molecule has 2 N–H and O–H groups in total. The number of hydrogen-bond donors (Lipinski definition) is 2. The number of anilines is 1. The van der Waals surface area contributed by atoms with Gasteiger partial charge in [0, 0.05) is 24.7 Å². The number of aromatic amines is 1. The van der Waals surface area contributed by atoms with E-state index in [1.807, 2.05) is 31.2 Å². The molecule has 146 valence electrons. The van der Waals surface area contributed by atoms with Gasteiger partial charge in [-0.15, -0.1) is 0 Å². The largest absolute Gasteiger partial charge is 0.494 e. The molecule has 0 spiro atoms. The van der Waals surface area contributed by atoms with Crippen LogP contribution in [0.25, 0.3) is 11.0 Å². The van der Waals surface area contributed by atoms with Crippen LogP contribution in [0.5, 0.6) is 5.75 Å². The van der Waals surface area contributed by atoms with Gasteiger partial charge in [0.15, 0.2) is 5.11 Å². The van der Waals surface area contributed by atoms with E-state index in [1.54, 1.807) is 0 Å². The van der Waals surface area contributed by atoms with Gasteiger partial charge in [-0.1, -0.05) is 6.07 Å². The first-order valence-corrected chi connectivity index (χ1v) is 10.3. The van der Waals surface area contributed by atoms with E-state index in [1.165, 1.54) is 5.56 Å². The molecule has 0 radical (unpaired) electrons. The molecule has 28 heavy (non-hydrogen) atoms. The molecule has 0 saturated carbocycles. The Hall–Kier alpha value is -2.60. The number of aromatic nitrogens is 2. The monoisotopic (exact) mass is 394 g/mol. The van der Waals surface area contributed by atoms with Gasteiger partial charge in [-0.05, 0) is 80.9 Å². The first kappa shape index (κ1) is 18.7. The second-order valence-corrected chi connectivity index (χ2v) is 7.70. The van der Waals surface area contributed by atoms with Crippen molar-refractivity contribution in [2.75, 3.05) is 25.0 Å². The Bertz CT molecular complexity index is 966. The molecular formula is C22H26N4OS. The highest BCUT2D eigenvalue weighted by Crippen LogP contribution is 2.27. The third-order valence-corrected chi connectivity index (χ3v) is 5.53. The van der Waals surface area contributed by atoms with Gasteiger partial charge in [0.1, 0.15) is 11.6 Å². The standard InChI is InChI=1S/C22H26N4OS/c1-3-27-18-9-7-17(8-10-18)23-22(28)26-12-4-5-16(14-26)21-24-19-11-6-15(2)13-20(19)25-21/h6-11,13,16H,3-5,12,14H2,1-2H3,(H,23,28)(H,24,25)/t16-/m0/s1. The Morgan fingerprint density at radius 2 is 2.11 bits per heavy atom. The second kappa shape index (κ2) is 8.19. The number of benzene rings is 2. The summed E-state index contributed by atoms with van der Waals surface area (Å²) in [5.41, 5.74) is 4.37. The number of thiocarbonyl (C=S) groups is 1. The van der Waals surface area contributed by atoms with E-state index < -0.39 is 0 Å². The summed E-state index contributed by atoms with van der Waals surface area (Å²) >= 11 is 5.68. The maximum atomic E-state index is 5.68. The van der Waals surface area contributed by atoms with Crippen molar-refractivity contribution in [3.63, 3.8) is 0 Å². The van der Waals surface area contributed by atoms with Crippen molar-refractivity contribution in [1.82, 2.24) is 14.9 Å². The molecule has 1 fully saturated rings. The Balaban J connectivity index is 1.42. The van der Waals surface area contributed by atoms with E-state index in [9.17, 15) is 0 Å². The highest BCUT2D eigenvalue weighted by molar-refractivity contribution is 7.80. The number of nitrogens with one attached hydrogen (secondary N) is 2. The number of imidazole rings is 1. The van der Waals surface area contributed by atoms with Gasteiger partial charge >= 0.3 is 0 Å². The number of aryl methyl sites for hydroxylation is 1. The van der Waals surface area contributed by atoms with Gasteiger partial charge in [-0.3, -0.25) is 0 Å². The van der Waals surface area contributed by atoms with E-state index in [0.29, 0.717) is 12.5 Å². The molecule has 2 heterocycles. The maximum absolute atomic E-state index is 5.68. The van der Waals surface area contributed by atoms with Crippen molar-refractivity contribution >= 4 is 34.1 Å². The van der Waals surface area contributed by atoms with Crippen LogP contribution in [0.1, 0.15) is 37.1 Å². The number of rotatable bonds is 4. The van der Waals surface area contributed by atoms with E-state index in [4.69, 9.17) is 21.9 Å². The molecule has 3 aromatic rings. The van der Waals surface area contributed by atoms with Crippen molar-refractivity contribution in [2.45, 2.75) is 32.6 Å². The lowest BCUT2D eigenvalue weighted by molar-refractivity contribution is 0.307. The number of likely N-dealkylation sites (tertiary alicyclic amines) is 1. The molecule has 1 atom stereocenters. The molecule has 0 aliphatic carbocycles. The lowest BCUT2D eigenvalue weighted by Gasteiger charge is -2.33. The minimum absolute atomic E-state index is 0.363. The predicted molar refractivity (Wildman–Crippen MR) is 118 cm³/mol. The fourth-order valence-electron chi connectivity index (χ4n) is 3.73. The topological polar surface area (TPSA) is 53.2 Å². The van der Waals surface area contributed by atoms with Crippen molar-refractivity contribution in [2.24, 2.45) is 0 Å². The molecule has 1 saturated heterocycles. The predicted octanol–water partition coefficient (Wildman–Crippen LogP) is 4.85.